The van der Waals surface area contributed by atoms with E-state index in [4.69, 9.17) is 9.05 Å². The summed E-state index contributed by atoms with van der Waals surface area (Å²) in [5.41, 5.74) is -0.648. The van der Waals surface area contributed by atoms with E-state index in [1.54, 1.807) is 13.8 Å². The van der Waals surface area contributed by atoms with Gasteiger partial charge in [0.05, 0.1) is 26.3 Å². The van der Waals surface area contributed by atoms with Crippen molar-refractivity contribution in [2.24, 2.45) is 5.41 Å². The van der Waals surface area contributed by atoms with E-state index in [1.807, 2.05) is 4.90 Å². The summed E-state index contributed by atoms with van der Waals surface area (Å²) in [6.45, 7) is 5.30. The molecule has 2 saturated heterocycles. The van der Waals surface area contributed by atoms with Gasteiger partial charge in [-0.25, -0.2) is 0 Å². The number of carbonyl (C=O) groups is 3. The van der Waals surface area contributed by atoms with Gasteiger partial charge in [-0.1, -0.05) is 13.8 Å². The topological polar surface area (TPSA) is 111 Å². The highest BCUT2D eigenvalue weighted by atomic mass is 31.2. The molecule has 160 valence electrons. The van der Waals surface area contributed by atoms with Crippen LogP contribution in [0.3, 0.4) is 0 Å². The van der Waals surface area contributed by atoms with E-state index >= 15 is 0 Å². The predicted octanol–water partition coefficient (Wildman–Crippen LogP) is 1.70. The molecule has 2 atom stereocenters. The second-order valence-electron chi connectivity index (χ2n) is 7.89. The zero-order chi connectivity index (χ0) is 20.8. The minimum atomic E-state index is -3.39. The smallest absolute Gasteiger partial charge is 0.331 e. The third-order valence-electron chi connectivity index (χ3n) is 4.98. The first-order chi connectivity index (χ1) is 13.2. The van der Waals surface area contributed by atoms with Crippen LogP contribution in [0.5, 0.6) is 0 Å². The average Bonchev–Trinajstić information content (AvgIpc) is 3.06. The summed E-state index contributed by atoms with van der Waals surface area (Å²) in [5.74, 6) is -0.669. The number of esters is 1. The normalized spacial score (nSPS) is 26.9. The van der Waals surface area contributed by atoms with E-state index in [-0.39, 0.29) is 31.6 Å². The van der Waals surface area contributed by atoms with Crippen LogP contribution in [0.15, 0.2) is 0 Å². The molecular formula is C18H31N2O7P. The Hall–Kier alpha value is -1.44. The fourth-order valence-electron chi connectivity index (χ4n) is 3.23. The highest BCUT2D eigenvalue weighted by Crippen LogP contribution is 2.56. The summed E-state index contributed by atoms with van der Waals surface area (Å²) in [4.78, 5) is 37.1. The first kappa shape index (κ1) is 22.8. The van der Waals surface area contributed by atoms with Gasteiger partial charge >= 0.3 is 13.6 Å². The van der Waals surface area contributed by atoms with E-state index in [2.05, 4.69) is 10.1 Å². The van der Waals surface area contributed by atoms with Gasteiger partial charge in [0, 0.05) is 31.5 Å². The van der Waals surface area contributed by atoms with Gasteiger partial charge in [0.1, 0.15) is 0 Å². The Morgan fingerprint density at radius 3 is 2.75 bits per heavy atom. The van der Waals surface area contributed by atoms with Crippen LogP contribution in [0, 0.1) is 5.41 Å². The molecule has 0 aromatic heterocycles. The van der Waals surface area contributed by atoms with Crippen molar-refractivity contribution in [3.05, 3.63) is 0 Å². The summed E-state index contributed by atoms with van der Waals surface area (Å²) in [6, 6.07) is 0. The average molecular weight is 418 g/mol. The number of hydrogen-bond acceptors (Lipinski definition) is 7. The van der Waals surface area contributed by atoms with Gasteiger partial charge in [0.2, 0.25) is 11.8 Å². The first-order valence-corrected chi connectivity index (χ1v) is 11.4. The van der Waals surface area contributed by atoms with Crippen LogP contribution >= 0.6 is 7.60 Å². The molecule has 0 bridgehead atoms. The van der Waals surface area contributed by atoms with Crippen LogP contribution < -0.4 is 5.32 Å². The Balaban J connectivity index is 1.82. The monoisotopic (exact) mass is 418 g/mol. The third kappa shape index (κ3) is 6.29. The molecule has 0 aromatic rings. The Labute approximate surface area is 166 Å². The Morgan fingerprint density at radius 2 is 2.11 bits per heavy atom. The van der Waals surface area contributed by atoms with E-state index in [0.717, 1.165) is 13.0 Å². The van der Waals surface area contributed by atoms with Crippen molar-refractivity contribution in [3.63, 3.8) is 0 Å². The number of rotatable bonds is 9. The molecule has 2 heterocycles. The lowest BCUT2D eigenvalue weighted by Gasteiger charge is -2.40. The standard InChI is InChI=1S/C18H31N2O7P/c1-18(2)13-26-28(24,12-5-4-10-20-11-6-7-14(20)21)27-16(18)17(23)19-9-8-15(22)25-3/h16H,4-13H2,1-3H3,(H,19,23)/t16-,28?/m0/s1. The number of likely N-dealkylation sites (tertiary alicyclic amines) is 1. The maximum Gasteiger partial charge on any atom is 0.331 e. The summed E-state index contributed by atoms with van der Waals surface area (Å²) in [7, 11) is -2.11. The predicted molar refractivity (Wildman–Crippen MR) is 102 cm³/mol. The molecule has 2 fully saturated rings. The van der Waals surface area contributed by atoms with E-state index in [0.29, 0.717) is 25.8 Å². The summed E-state index contributed by atoms with van der Waals surface area (Å²) in [5, 5.41) is 2.63. The van der Waals surface area contributed by atoms with Crippen LogP contribution in [0.4, 0.5) is 0 Å². The second kappa shape index (κ2) is 9.85. The molecule has 0 spiro atoms. The van der Waals surface area contributed by atoms with Crippen molar-refractivity contribution in [1.82, 2.24) is 10.2 Å². The quantitative estimate of drug-likeness (QED) is 0.345. The summed E-state index contributed by atoms with van der Waals surface area (Å²) < 4.78 is 28.7. The van der Waals surface area contributed by atoms with Crippen molar-refractivity contribution in [3.8, 4) is 0 Å². The zero-order valence-corrected chi connectivity index (χ0v) is 17.8. The third-order valence-corrected chi connectivity index (χ3v) is 6.90. The number of unbranched alkanes of at least 4 members (excludes halogenated alkanes) is 1. The van der Waals surface area contributed by atoms with Crippen molar-refractivity contribution in [2.45, 2.75) is 52.1 Å². The minimum Gasteiger partial charge on any atom is -0.469 e. The van der Waals surface area contributed by atoms with Crippen LogP contribution in [0.2, 0.25) is 0 Å². The van der Waals surface area contributed by atoms with Crippen molar-refractivity contribution >= 4 is 25.4 Å². The number of amides is 2. The van der Waals surface area contributed by atoms with Crippen LogP contribution in [-0.2, 0) is 32.7 Å². The lowest BCUT2D eigenvalue weighted by molar-refractivity contribution is -0.141. The SMILES string of the molecule is COC(=O)CCNC(=O)[C@@H]1OP(=O)(CCCCN2CCCC2=O)OCC1(C)C. The lowest BCUT2D eigenvalue weighted by Crippen LogP contribution is -2.50. The molecule has 9 nitrogen and oxygen atoms in total. The van der Waals surface area contributed by atoms with Gasteiger partial charge in [-0.15, -0.1) is 0 Å². The van der Waals surface area contributed by atoms with Gasteiger partial charge in [0.25, 0.3) is 0 Å². The lowest BCUT2D eigenvalue weighted by atomic mass is 9.87. The molecule has 0 saturated carbocycles. The van der Waals surface area contributed by atoms with Gasteiger partial charge in [0.15, 0.2) is 6.10 Å². The number of hydrogen-bond donors (Lipinski definition) is 1. The number of nitrogens with zero attached hydrogens (tertiary/aromatic N) is 1. The molecule has 0 aliphatic carbocycles. The zero-order valence-electron chi connectivity index (χ0n) is 16.9. The molecule has 2 amide bonds. The maximum atomic E-state index is 12.9. The van der Waals surface area contributed by atoms with Gasteiger partial charge in [-0.05, 0) is 19.3 Å². The number of nitrogens with one attached hydrogen (secondary N) is 1. The minimum absolute atomic E-state index is 0.0543. The summed E-state index contributed by atoms with van der Waals surface area (Å²) >= 11 is 0. The Kier molecular flexibility index (Phi) is 8.04. The van der Waals surface area contributed by atoms with Crippen molar-refractivity contribution < 1.29 is 32.7 Å². The molecule has 0 radical (unpaired) electrons. The molecule has 2 aliphatic heterocycles. The van der Waals surface area contributed by atoms with Crippen LogP contribution in [-0.4, -0.2) is 68.3 Å². The van der Waals surface area contributed by atoms with Gasteiger partial charge in [-0.2, -0.15) is 0 Å². The fraction of sp³-hybridized carbons (Fsp3) is 0.833. The number of carbonyl (C=O) groups excluding carboxylic acids is 3. The highest BCUT2D eigenvalue weighted by molar-refractivity contribution is 7.53. The fourth-order valence-corrected chi connectivity index (χ4v) is 5.36. The Morgan fingerprint density at radius 1 is 1.36 bits per heavy atom. The summed E-state index contributed by atoms with van der Waals surface area (Å²) in [6.07, 6.45) is 2.12. The van der Waals surface area contributed by atoms with Crippen LogP contribution in [0.25, 0.3) is 0 Å². The largest absolute Gasteiger partial charge is 0.469 e. The second-order valence-corrected chi connectivity index (χ2v) is 10.0. The molecule has 10 heteroatoms. The number of ether oxygens (including phenoxy) is 1. The highest BCUT2D eigenvalue weighted by Gasteiger charge is 2.47. The van der Waals surface area contributed by atoms with Gasteiger partial charge in [-0.3, -0.25) is 23.5 Å². The van der Waals surface area contributed by atoms with Crippen LogP contribution in [0.1, 0.15) is 46.0 Å². The molecule has 2 aliphatic rings. The maximum absolute atomic E-state index is 12.9. The molecule has 28 heavy (non-hydrogen) atoms. The van der Waals surface area contributed by atoms with Crippen molar-refractivity contribution in [1.29, 1.82) is 0 Å². The van der Waals surface area contributed by atoms with E-state index < -0.39 is 31.0 Å². The Bertz CT molecular complexity index is 637. The molecule has 1 unspecified atom stereocenters. The molecule has 1 N–H and O–H groups in total. The van der Waals surface area contributed by atoms with E-state index in [9.17, 15) is 18.9 Å². The molecule has 2 rings (SSSR count). The number of methoxy groups -OCH3 is 1. The van der Waals surface area contributed by atoms with Crippen molar-refractivity contribution in [2.75, 3.05) is 39.5 Å². The first-order valence-electron chi connectivity index (χ1n) is 9.71. The van der Waals surface area contributed by atoms with E-state index in [1.165, 1.54) is 7.11 Å². The van der Waals surface area contributed by atoms with Gasteiger partial charge < -0.3 is 19.5 Å². The molecular weight excluding hydrogens is 387 g/mol. The molecule has 0 aromatic carbocycles.